The number of benzene rings is 1. The van der Waals surface area contributed by atoms with E-state index in [1.165, 1.54) is 0 Å². The number of hydrogen-bond donors (Lipinski definition) is 1. The van der Waals surface area contributed by atoms with Crippen LogP contribution < -0.4 is 5.46 Å². The lowest BCUT2D eigenvalue weighted by atomic mass is 9.80. The molecule has 0 saturated heterocycles. The molecule has 1 N–H and O–H groups in total. The van der Waals surface area contributed by atoms with Gasteiger partial charge in [0.1, 0.15) is 6.07 Å². The van der Waals surface area contributed by atoms with Crippen molar-refractivity contribution in [1.29, 1.82) is 0 Å². The van der Waals surface area contributed by atoms with Crippen LogP contribution in [0.15, 0.2) is 30.3 Å². The van der Waals surface area contributed by atoms with Crippen LogP contribution in [-0.2, 0) is 4.65 Å². The number of rotatable bonds is 3. The third-order valence-electron chi connectivity index (χ3n) is 1.31. The van der Waals surface area contributed by atoms with Crippen molar-refractivity contribution in [3.8, 4) is 0 Å². The lowest BCUT2D eigenvalue weighted by Gasteiger charge is -2.03. The SMILES string of the molecule is OB(OCCl)c1ccccc1. The predicted molar refractivity (Wildman–Crippen MR) is 45.9 cm³/mol. The number of hydrogen-bond acceptors (Lipinski definition) is 2. The number of halogens is 1. The molecule has 58 valence electrons. The summed E-state index contributed by atoms with van der Waals surface area (Å²) in [6, 6.07) is 9.08. The summed E-state index contributed by atoms with van der Waals surface area (Å²) in [4.78, 5) is 0. The van der Waals surface area contributed by atoms with Crippen molar-refractivity contribution in [3.05, 3.63) is 30.3 Å². The molecule has 0 aliphatic rings. The first-order chi connectivity index (χ1) is 5.34. The van der Waals surface area contributed by atoms with E-state index in [4.69, 9.17) is 16.3 Å². The van der Waals surface area contributed by atoms with Gasteiger partial charge in [0.05, 0.1) is 0 Å². The maximum Gasteiger partial charge on any atom is 0.492 e. The molecule has 0 amide bonds. The summed E-state index contributed by atoms with van der Waals surface area (Å²) in [6.45, 7) is 0. The van der Waals surface area contributed by atoms with Crippen LogP contribution in [0, 0.1) is 0 Å². The van der Waals surface area contributed by atoms with Gasteiger partial charge in [0.2, 0.25) is 0 Å². The smallest absolute Gasteiger partial charge is 0.423 e. The van der Waals surface area contributed by atoms with Gasteiger partial charge in [0.15, 0.2) is 0 Å². The fraction of sp³-hybridized carbons (Fsp3) is 0.143. The molecule has 0 bridgehead atoms. The van der Waals surface area contributed by atoms with E-state index in [1.54, 1.807) is 12.1 Å². The molecule has 0 unspecified atom stereocenters. The van der Waals surface area contributed by atoms with Crippen molar-refractivity contribution in [2.75, 3.05) is 6.07 Å². The Labute approximate surface area is 70.9 Å². The summed E-state index contributed by atoms with van der Waals surface area (Å²) in [5, 5.41) is 9.21. The fourth-order valence-electron chi connectivity index (χ4n) is 0.774. The molecular formula is C7H8BClO2. The van der Waals surface area contributed by atoms with Crippen LogP contribution in [0.4, 0.5) is 0 Å². The first-order valence-corrected chi connectivity index (χ1v) is 3.78. The molecule has 4 heteroatoms. The van der Waals surface area contributed by atoms with Crippen LogP contribution in [0.2, 0.25) is 0 Å². The van der Waals surface area contributed by atoms with Crippen LogP contribution in [0.5, 0.6) is 0 Å². The fourth-order valence-corrected chi connectivity index (χ4v) is 0.893. The minimum Gasteiger partial charge on any atom is -0.423 e. The second-order valence-corrected chi connectivity index (χ2v) is 2.26. The zero-order chi connectivity index (χ0) is 8.10. The first-order valence-electron chi connectivity index (χ1n) is 3.25. The van der Waals surface area contributed by atoms with E-state index in [2.05, 4.69) is 0 Å². The summed E-state index contributed by atoms with van der Waals surface area (Å²) in [6.07, 6.45) is 0. The lowest BCUT2D eigenvalue weighted by molar-refractivity contribution is 0.322. The summed E-state index contributed by atoms with van der Waals surface area (Å²) in [7, 11) is -0.909. The van der Waals surface area contributed by atoms with Gasteiger partial charge in [-0.3, -0.25) is 0 Å². The highest BCUT2D eigenvalue weighted by molar-refractivity contribution is 6.60. The minimum absolute atomic E-state index is 0.00391. The normalized spacial score (nSPS) is 9.64. The highest BCUT2D eigenvalue weighted by atomic mass is 35.5. The zero-order valence-corrected chi connectivity index (χ0v) is 6.66. The lowest BCUT2D eigenvalue weighted by Crippen LogP contribution is -2.32. The molecule has 1 aromatic carbocycles. The largest absolute Gasteiger partial charge is 0.492 e. The van der Waals surface area contributed by atoms with Gasteiger partial charge in [-0.2, -0.15) is 0 Å². The summed E-state index contributed by atoms with van der Waals surface area (Å²) >= 11 is 5.26. The maximum atomic E-state index is 9.21. The van der Waals surface area contributed by atoms with Crippen molar-refractivity contribution < 1.29 is 9.68 Å². The Kier molecular flexibility index (Phi) is 3.43. The molecule has 0 heterocycles. The third kappa shape index (κ3) is 2.54. The Morgan fingerprint density at radius 1 is 1.36 bits per heavy atom. The van der Waals surface area contributed by atoms with Gasteiger partial charge in [-0.15, -0.1) is 0 Å². The Morgan fingerprint density at radius 2 is 2.00 bits per heavy atom. The molecule has 1 aromatic rings. The van der Waals surface area contributed by atoms with Gasteiger partial charge in [0.25, 0.3) is 0 Å². The van der Waals surface area contributed by atoms with Gasteiger partial charge in [-0.25, -0.2) is 0 Å². The Balaban J connectivity index is 2.61. The van der Waals surface area contributed by atoms with Crippen LogP contribution in [0.1, 0.15) is 0 Å². The van der Waals surface area contributed by atoms with Gasteiger partial charge in [0, 0.05) is 0 Å². The highest BCUT2D eigenvalue weighted by Gasteiger charge is 2.13. The van der Waals surface area contributed by atoms with Crippen LogP contribution in [0.25, 0.3) is 0 Å². The molecule has 0 aliphatic carbocycles. The molecule has 0 aromatic heterocycles. The molecule has 0 fully saturated rings. The summed E-state index contributed by atoms with van der Waals surface area (Å²) < 4.78 is 4.75. The summed E-state index contributed by atoms with van der Waals surface area (Å²) in [5.74, 6) is 0. The maximum absolute atomic E-state index is 9.21. The van der Waals surface area contributed by atoms with Gasteiger partial charge in [-0.1, -0.05) is 41.9 Å². The van der Waals surface area contributed by atoms with E-state index in [9.17, 15) is 5.02 Å². The highest BCUT2D eigenvalue weighted by Crippen LogP contribution is 1.88. The second-order valence-electron chi connectivity index (χ2n) is 2.04. The predicted octanol–water partition coefficient (Wildman–Crippen LogP) is 0.587. The van der Waals surface area contributed by atoms with E-state index in [-0.39, 0.29) is 6.07 Å². The first kappa shape index (κ1) is 8.59. The van der Waals surface area contributed by atoms with Gasteiger partial charge in [-0.05, 0) is 5.46 Å². The average molecular weight is 170 g/mol. The monoisotopic (exact) mass is 170 g/mol. The average Bonchev–Trinajstić information content (AvgIpc) is 2.07. The zero-order valence-electron chi connectivity index (χ0n) is 5.90. The van der Waals surface area contributed by atoms with E-state index < -0.39 is 7.12 Å². The molecule has 0 spiro atoms. The second kappa shape index (κ2) is 4.39. The quantitative estimate of drug-likeness (QED) is 0.531. The molecule has 1 rings (SSSR count). The van der Waals surface area contributed by atoms with E-state index in [0.717, 1.165) is 0 Å². The van der Waals surface area contributed by atoms with Crippen LogP contribution in [0.3, 0.4) is 0 Å². The Bertz CT molecular complexity index is 205. The third-order valence-corrected chi connectivity index (χ3v) is 1.43. The molecule has 0 radical (unpaired) electrons. The molecule has 11 heavy (non-hydrogen) atoms. The van der Waals surface area contributed by atoms with Crippen molar-refractivity contribution in [2.24, 2.45) is 0 Å². The molecule has 0 aliphatic heterocycles. The minimum atomic E-state index is -0.909. The summed E-state index contributed by atoms with van der Waals surface area (Å²) in [5.41, 5.74) is 0.716. The standard InChI is InChI=1S/C7H8BClO2/c9-6-11-8(10)7-4-2-1-3-5-7/h1-5,10H,6H2. The van der Waals surface area contributed by atoms with E-state index in [1.807, 2.05) is 18.2 Å². The van der Waals surface area contributed by atoms with Crippen molar-refractivity contribution in [1.82, 2.24) is 0 Å². The molecule has 0 saturated carbocycles. The van der Waals surface area contributed by atoms with E-state index in [0.29, 0.717) is 5.46 Å². The van der Waals surface area contributed by atoms with Gasteiger partial charge < -0.3 is 9.68 Å². The molecular weight excluding hydrogens is 162 g/mol. The Morgan fingerprint density at radius 3 is 2.55 bits per heavy atom. The number of alkyl halides is 1. The molecule has 0 atom stereocenters. The van der Waals surface area contributed by atoms with Crippen molar-refractivity contribution >= 4 is 24.2 Å². The van der Waals surface area contributed by atoms with Crippen LogP contribution in [-0.4, -0.2) is 18.2 Å². The van der Waals surface area contributed by atoms with Crippen molar-refractivity contribution in [3.63, 3.8) is 0 Å². The van der Waals surface area contributed by atoms with Crippen LogP contribution >= 0.6 is 11.6 Å². The molecule has 2 nitrogen and oxygen atoms in total. The Hall–Kier alpha value is -0.505. The van der Waals surface area contributed by atoms with Gasteiger partial charge >= 0.3 is 7.12 Å². The van der Waals surface area contributed by atoms with Crippen molar-refractivity contribution in [2.45, 2.75) is 0 Å². The van der Waals surface area contributed by atoms with E-state index >= 15 is 0 Å². The topological polar surface area (TPSA) is 29.5 Å².